The number of nitrogens with one attached hydrogen (secondary N) is 1. The molecule has 1 aromatic heterocycles. The number of fused-ring (bicyclic) bond motifs is 2. The highest BCUT2D eigenvalue weighted by Crippen LogP contribution is 2.34. The molecule has 2 heterocycles. The van der Waals surface area contributed by atoms with Gasteiger partial charge in [-0.25, -0.2) is 4.98 Å². The second-order valence-electron chi connectivity index (χ2n) is 8.57. The topological polar surface area (TPSA) is 109 Å². The first-order valence-corrected chi connectivity index (χ1v) is 11.2. The normalized spacial score (nSPS) is 13.7. The predicted molar refractivity (Wildman–Crippen MR) is 129 cm³/mol. The van der Waals surface area contributed by atoms with Crippen molar-refractivity contribution < 1.29 is 19.2 Å². The van der Waals surface area contributed by atoms with E-state index in [4.69, 9.17) is 14.5 Å². The molecule has 1 N–H and O–H groups in total. The molecule has 1 aliphatic rings. The molecule has 1 unspecified atom stereocenters. The van der Waals surface area contributed by atoms with Gasteiger partial charge in [-0.3, -0.25) is 14.9 Å². The number of amides is 1. The molecule has 0 bridgehead atoms. The average Bonchev–Trinajstić information content (AvgIpc) is 3.23. The van der Waals surface area contributed by atoms with Gasteiger partial charge in [-0.15, -0.1) is 0 Å². The Bertz CT molecular complexity index is 1430. The van der Waals surface area contributed by atoms with Gasteiger partial charge in [0.05, 0.1) is 35.2 Å². The molecule has 35 heavy (non-hydrogen) atoms. The molecule has 0 saturated heterocycles. The van der Waals surface area contributed by atoms with Crippen molar-refractivity contribution in [2.75, 3.05) is 6.79 Å². The minimum absolute atomic E-state index is 0.0282. The van der Waals surface area contributed by atoms with Gasteiger partial charge in [0.2, 0.25) is 0 Å². The van der Waals surface area contributed by atoms with Crippen LogP contribution in [0.3, 0.4) is 0 Å². The van der Waals surface area contributed by atoms with Gasteiger partial charge in [0.15, 0.2) is 6.79 Å². The number of nitrogens with zero attached hydrogens (tertiary/aromatic N) is 3. The number of nitro groups is 1. The Labute approximate surface area is 201 Å². The number of hydrogen-bond donors (Lipinski definition) is 1. The van der Waals surface area contributed by atoms with E-state index in [2.05, 4.69) is 5.32 Å². The molecule has 178 valence electrons. The molecule has 1 atom stereocenters. The lowest BCUT2D eigenvalue weighted by Gasteiger charge is -2.22. The van der Waals surface area contributed by atoms with Crippen LogP contribution in [0.25, 0.3) is 11.0 Å². The van der Waals surface area contributed by atoms with Gasteiger partial charge in [0.25, 0.3) is 11.6 Å². The summed E-state index contributed by atoms with van der Waals surface area (Å²) in [4.78, 5) is 28.8. The van der Waals surface area contributed by atoms with Gasteiger partial charge in [0.1, 0.15) is 11.6 Å². The number of carbonyl (C=O) groups is 1. The van der Waals surface area contributed by atoms with Crippen LogP contribution in [0.15, 0.2) is 60.7 Å². The molecule has 0 saturated carbocycles. The Kier molecular flexibility index (Phi) is 5.92. The second-order valence-corrected chi connectivity index (χ2v) is 8.57. The van der Waals surface area contributed by atoms with E-state index in [1.807, 2.05) is 54.8 Å². The van der Waals surface area contributed by atoms with Crippen LogP contribution in [0, 0.1) is 17.0 Å². The van der Waals surface area contributed by atoms with Gasteiger partial charge < -0.3 is 19.4 Å². The van der Waals surface area contributed by atoms with E-state index in [0.29, 0.717) is 28.3 Å². The van der Waals surface area contributed by atoms with Crippen molar-refractivity contribution in [3.8, 4) is 5.75 Å². The first-order chi connectivity index (χ1) is 16.9. The molecular formula is C26H24N4O5. The van der Waals surface area contributed by atoms with E-state index < -0.39 is 11.0 Å². The number of ether oxygens (including phenoxy) is 2. The third kappa shape index (κ3) is 4.45. The van der Waals surface area contributed by atoms with Gasteiger partial charge in [-0.2, -0.15) is 0 Å². The lowest BCUT2D eigenvalue weighted by atomic mass is 10.1. The zero-order chi connectivity index (χ0) is 24.5. The van der Waals surface area contributed by atoms with Gasteiger partial charge in [-0.05, 0) is 38.1 Å². The van der Waals surface area contributed by atoms with Gasteiger partial charge in [0, 0.05) is 28.8 Å². The van der Waals surface area contributed by atoms with Gasteiger partial charge in [-0.1, -0.05) is 29.8 Å². The first kappa shape index (κ1) is 22.5. The molecule has 5 rings (SSSR count). The van der Waals surface area contributed by atoms with Crippen LogP contribution in [0.2, 0.25) is 0 Å². The van der Waals surface area contributed by atoms with Crippen LogP contribution < -0.4 is 10.1 Å². The summed E-state index contributed by atoms with van der Waals surface area (Å²) in [5.41, 5.74) is 4.51. The molecule has 0 fully saturated rings. The van der Waals surface area contributed by atoms with Crippen molar-refractivity contribution in [3.63, 3.8) is 0 Å². The van der Waals surface area contributed by atoms with Crippen molar-refractivity contribution >= 4 is 22.6 Å². The lowest BCUT2D eigenvalue weighted by Crippen LogP contribution is -2.29. The highest BCUT2D eigenvalue weighted by atomic mass is 16.7. The molecular weight excluding hydrogens is 448 g/mol. The van der Waals surface area contributed by atoms with Crippen molar-refractivity contribution in [2.45, 2.75) is 33.0 Å². The fourth-order valence-corrected chi connectivity index (χ4v) is 4.31. The number of hydrogen-bond acceptors (Lipinski definition) is 6. The summed E-state index contributed by atoms with van der Waals surface area (Å²) in [5.74, 6) is 1.02. The summed E-state index contributed by atoms with van der Waals surface area (Å²) in [6, 6.07) is 17.6. The van der Waals surface area contributed by atoms with E-state index >= 15 is 0 Å². The molecule has 0 radical (unpaired) electrons. The van der Waals surface area contributed by atoms with Crippen molar-refractivity contribution in [3.05, 3.63) is 98.9 Å². The van der Waals surface area contributed by atoms with Crippen molar-refractivity contribution in [2.24, 2.45) is 0 Å². The molecule has 1 amide bonds. The Morgan fingerprint density at radius 3 is 2.74 bits per heavy atom. The minimum Gasteiger partial charge on any atom is -0.467 e. The molecule has 9 nitrogen and oxygen atoms in total. The third-order valence-corrected chi connectivity index (χ3v) is 6.04. The number of imidazole rings is 1. The maximum Gasteiger partial charge on any atom is 0.270 e. The van der Waals surface area contributed by atoms with Crippen molar-refractivity contribution in [1.29, 1.82) is 0 Å². The van der Waals surface area contributed by atoms with E-state index in [0.717, 1.165) is 16.6 Å². The van der Waals surface area contributed by atoms with E-state index in [-0.39, 0.29) is 31.5 Å². The number of rotatable bonds is 6. The predicted octanol–water partition coefficient (Wildman–Crippen LogP) is 4.66. The largest absolute Gasteiger partial charge is 0.467 e. The van der Waals surface area contributed by atoms with Crippen molar-refractivity contribution in [1.82, 2.24) is 14.9 Å². The average molecular weight is 473 g/mol. The maximum absolute atomic E-state index is 12.9. The Morgan fingerprint density at radius 1 is 1.20 bits per heavy atom. The highest BCUT2D eigenvalue weighted by Gasteiger charge is 2.24. The Hall–Kier alpha value is -4.24. The summed E-state index contributed by atoms with van der Waals surface area (Å²) in [7, 11) is 0. The lowest BCUT2D eigenvalue weighted by molar-refractivity contribution is -0.385. The fraction of sp³-hybridized carbons (Fsp3) is 0.231. The number of aromatic nitrogens is 2. The fourth-order valence-electron chi connectivity index (χ4n) is 4.31. The number of benzene rings is 3. The maximum atomic E-state index is 12.9. The molecule has 1 aliphatic heterocycles. The van der Waals surface area contributed by atoms with E-state index in [9.17, 15) is 14.9 Å². The molecule has 0 aliphatic carbocycles. The van der Waals surface area contributed by atoms with Crippen LogP contribution in [0.4, 0.5) is 5.69 Å². The smallest absolute Gasteiger partial charge is 0.270 e. The summed E-state index contributed by atoms with van der Waals surface area (Å²) in [6.45, 7) is 4.44. The number of aryl methyl sites for hydroxylation is 1. The molecule has 3 aromatic carbocycles. The second kappa shape index (κ2) is 9.19. The summed E-state index contributed by atoms with van der Waals surface area (Å²) >= 11 is 0. The van der Waals surface area contributed by atoms with Crippen LogP contribution in [-0.2, 0) is 17.9 Å². The van der Waals surface area contributed by atoms with Crippen LogP contribution in [0.1, 0.15) is 45.8 Å². The zero-order valence-electron chi connectivity index (χ0n) is 19.4. The number of para-hydroxylation sites is 2. The zero-order valence-corrected chi connectivity index (χ0v) is 19.4. The third-order valence-electron chi connectivity index (χ3n) is 6.04. The van der Waals surface area contributed by atoms with Crippen LogP contribution in [-0.4, -0.2) is 27.2 Å². The Morgan fingerprint density at radius 2 is 1.97 bits per heavy atom. The summed E-state index contributed by atoms with van der Waals surface area (Å²) in [5, 5.41) is 14.6. The number of non-ortho nitro benzene ring substituents is 1. The molecule has 9 heteroatoms. The molecule has 4 aromatic rings. The van der Waals surface area contributed by atoms with Crippen LogP contribution in [0.5, 0.6) is 5.75 Å². The van der Waals surface area contributed by atoms with E-state index in [1.54, 1.807) is 12.1 Å². The summed E-state index contributed by atoms with van der Waals surface area (Å²) in [6.07, 6.45) is 0. The van der Waals surface area contributed by atoms with Gasteiger partial charge >= 0.3 is 0 Å². The standard InChI is InChI=1S/C26H24N4O5/c1-16-7-9-18(10-8-16)26(31)27-17(2)25-28-22-5-3-4-6-23(22)29(25)13-19-11-21(30(32)33)12-20-14-34-15-35-24(19)20/h3-12,17H,13-15H2,1-2H3,(H,27,31). The number of carbonyl (C=O) groups excluding carboxylic acids is 1. The highest BCUT2D eigenvalue weighted by molar-refractivity contribution is 5.94. The first-order valence-electron chi connectivity index (χ1n) is 11.2. The quantitative estimate of drug-likeness (QED) is 0.323. The molecule has 0 spiro atoms. The monoisotopic (exact) mass is 472 g/mol. The van der Waals surface area contributed by atoms with E-state index in [1.165, 1.54) is 12.1 Å². The summed E-state index contributed by atoms with van der Waals surface area (Å²) < 4.78 is 13.0. The van der Waals surface area contributed by atoms with Crippen LogP contribution >= 0.6 is 0 Å². The number of nitro benzene ring substituents is 1. The SMILES string of the molecule is Cc1ccc(C(=O)NC(C)c2nc3ccccc3n2Cc2cc([N+](=O)[O-])cc3c2OCOC3)cc1. The minimum atomic E-state index is -0.421. The Balaban J connectivity index is 1.54.